The normalized spacial score (nSPS) is 15.9. The van der Waals surface area contributed by atoms with Gasteiger partial charge in [0, 0.05) is 56.9 Å². The lowest BCUT2D eigenvalue weighted by Gasteiger charge is -2.34. The van der Waals surface area contributed by atoms with Crippen molar-refractivity contribution >= 4 is 63.8 Å². The standard InChI is InChI=1S/C34H32F2N4O7S2/c35-26-7-3-23(18-27(26)36)22-4-8-28(47-20-31(43)39-13-11-38(12-14-39)15-16-41)24(17-22)19-29-32(44)40(34(48)49-29)10-9-30(42)37-25-5-1-21(2-6-25)33(45)46/h1-8,17-19,41H,9-16,20H2,(H,37,42)(H,45,46). The van der Waals surface area contributed by atoms with Crippen LogP contribution in [0.25, 0.3) is 17.2 Å². The molecule has 0 unspecified atom stereocenters. The smallest absolute Gasteiger partial charge is 0.335 e. The summed E-state index contributed by atoms with van der Waals surface area (Å²) in [6, 6.07) is 14.0. The number of anilines is 1. The van der Waals surface area contributed by atoms with Crippen LogP contribution < -0.4 is 10.1 Å². The summed E-state index contributed by atoms with van der Waals surface area (Å²) in [5.41, 5.74) is 1.76. The highest BCUT2D eigenvalue weighted by molar-refractivity contribution is 8.26. The van der Waals surface area contributed by atoms with Crippen molar-refractivity contribution in [2.24, 2.45) is 0 Å². The zero-order valence-corrected chi connectivity index (χ0v) is 27.7. The molecule has 15 heteroatoms. The first-order valence-corrected chi connectivity index (χ1v) is 16.5. The molecule has 0 aliphatic carbocycles. The Morgan fingerprint density at radius 3 is 2.31 bits per heavy atom. The minimum absolute atomic E-state index is 0.0145. The SMILES string of the molecule is O=C(CCN1C(=O)C(=Cc2cc(-c3ccc(F)c(F)c3)ccc2OCC(=O)N2CCN(CCO)CC2)SC1=S)Nc1ccc(C(=O)O)cc1. The number of aliphatic hydroxyl groups is 1. The van der Waals surface area contributed by atoms with Crippen LogP contribution >= 0.6 is 24.0 Å². The Morgan fingerprint density at radius 2 is 1.63 bits per heavy atom. The molecule has 0 bridgehead atoms. The molecule has 3 N–H and O–H groups in total. The summed E-state index contributed by atoms with van der Waals surface area (Å²) in [5.74, 6) is -3.92. The van der Waals surface area contributed by atoms with Crippen LogP contribution in [0.3, 0.4) is 0 Å². The highest BCUT2D eigenvalue weighted by atomic mass is 32.2. The number of β-amino-alcohol motifs (C(OH)–C–C–N with tert-alkyl or cyclic N) is 1. The van der Waals surface area contributed by atoms with E-state index in [2.05, 4.69) is 10.2 Å². The van der Waals surface area contributed by atoms with Crippen molar-refractivity contribution in [1.29, 1.82) is 0 Å². The number of carboxylic acid groups (broad SMARTS) is 1. The van der Waals surface area contributed by atoms with Gasteiger partial charge in [-0.1, -0.05) is 36.1 Å². The van der Waals surface area contributed by atoms with Crippen molar-refractivity contribution in [2.75, 3.05) is 57.8 Å². The number of rotatable bonds is 12. The van der Waals surface area contributed by atoms with Gasteiger partial charge in [-0.05, 0) is 65.7 Å². The zero-order valence-electron chi connectivity index (χ0n) is 26.1. The molecule has 11 nitrogen and oxygen atoms in total. The summed E-state index contributed by atoms with van der Waals surface area (Å²) in [6.45, 7) is 2.52. The number of aliphatic hydroxyl groups excluding tert-OH is 1. The van der Waals surface area contributed by atoms with Gasteiger partial charge in [0.2, 0.25) is 5.91 Å². The van der Waals surface area contributed by atoms with Gasteiger partial charge in [0.05, 0.1) is 17.1 Å². The molecule has 3 aromatic rings. The second kappa shape index (κ2) is 16.1. The second-order valence-electron chi connectivity index (χ2n) is 11.1. The number of ether oxygens (including phenoxy) is 1. The van der Waals surface area contributed by atoms with E-state index in [1.54, 1.807) is 29.2 Å². The third kappa shape index (κ3) is 9.06. The van der Waals surface area contributed by atoms with Gasteiger partial charge in [-0.2, -0.15) is 0 Å². The van der Waals surface area contributed by atoms with Gasteiger partial charge < -0.3 is 25.2 Å². The lowest BCUT2D eigenvalue weighted by atomic mass is 10.0. The number of carbonyl (C=O) groups excluding carboxylic acids is 3. The Balaban J connectivity index is 1.30. The van der Waals surface area contributed by atoms with E-state index in [1.165, 1.54) is 35.2 Å². The molecule has 5 rings (SSSR count). The number of piperazine rings is 1. The molecule has 2 heterocycles. The van der Waals surface area contributed by atoms with Gasteiger partial charge in [-0.25, -0.2) is 13.6 Å². The van der Waals surface area contributed by atoms with Crippen molar-refractivity contribution in [3.8, 4) is 16.9 Å². The number of hydrogen-bond acceptors (Lipinski definition) is 9. The Labute approximate surface area is 290 Å². The molecule has 0 radical (unpaired) electrons. The number of carbonyl (C=O) groups is 4. The summed E-state index contributed by atoms with van der Waals surface area (Å²) < 4.78 is 33.9. The van der Waals surface area contributed by atoms with Crippen LogP contribution in [0.2, 0.25) is 0 Å². The van der Waals surface area contributed by atoms with Crippen LogP contribution in [-0.4, -0.2) is 105 Å². The molecule has 49 heavy (non-hydrogen) atoms. The molecule has 2 aliphatic rings. The zero-order chi connectivity index (χ0) is 35.1. The van der Waals surface area contributed by atoms with Crippen LogP contribution in [0.4, 0.5) is 14.5 Å². The first kappa shape index (κ1) is 35.6. The number of thioether (sulfide) groups is 1. The molecule has 0 spiro atoms. The minimum atomic E-state index is -1.09. The highest BCUT2D eigenvalue weighted by Gasteiger charge is 2.32. The van der Waals surface area contributed by atoms with E-state index in [0.717, 1.165) is 23.9 Å². The summed E-state index contributed by atoms with van der Waals surface area (Å²) in [4.78, 5) is 55.3. The van der Waals surface area contributed by atoms with Gasteiger partial charge in [0.25, 0.3) is 11.8 Å². The van der Waals surface area contributed by atoms with Crippen LogP contribution in [0.15, 0.2) is 65.6 Å². The maximum atomic E-state index is 14.1. The number of benzene rings is 3. The van der Waals surface area contributed by atoms with Crippen molar-refractivity contribution in [2.45, 2.75) is 6.42 Å². The maximum Gasteiger partial charge on any atom is 0.335 e. The van der Waals surface area contributed by atoms with Crippen LogP contribution in [0.1, 0.15) is 22.3 Å². The molecule has 0 atom stereocenters. The topological polar surface area (TPSA) is 140 Å². The fraction of sp³-hybridized carbons (Fsp3) is 0.265. The summed E-state index contributed by atoms with van der Waals surface area (Å²) in [6.07, 6.45) is 1.46. The molecule has 0 aromatic heterocycles. The Kier molecular flexibility index (Phi) is 11.7. The van der Waals surface area contributed by atoms with E-state index in [9.17, 15) is 28.0 Å². The molecular formula is C34H32F2N4O7S2. The number of amides is 3. The fourth-order valence-electron chi connectivity index (χ4n) is 5.21. The van der Waals surface area contributed by atoms with Crippen LogP contribution in [-0.2, 0) is 14.4 Å². The van der Waals surface area contributed by atoms with E-state index >= 15 is 0 Å². The van der Waals surface area contributed by atoms with Crippen molar-refractivity contribution in [1.82, 2.24) is 14.7 Å². The number of nitrogens with zero attached hydrogens (tertiary/aromatic N) is 3. The van der Waals surface area contributed by atoms with E-state index in [1.807, 2.05) is 0 Å². The van der Waals surface area contributed by atoms with E-state index in [-0.39, 0.29) is 52.6 Å². The molecule has 2 aliphatic heterocycles. The number of aromatic carboxylic acids is 1. The van der Waals surface area contributed by atoms with E-state index in [0.29, 0.717) is 55.1 Å². The Morgan fingerprint density at radius 1 is 0.939 bits per heavy atom. The summed E-state index contributed by atoms with van der Waals surface area (Å²) in [5, 5.41) is 20.9. The number of halogens is 2. The van der Waals surface area contributed by atoms with Gasteiger partial charge in [0.1, 0.15) is 10.1 Å². The number of carboxylic acids is 1. The van der Waals surface area contributed by atoms with Crippen LogP contribution in [0, 0.1) is 11.6 Å². The molecule has 2 saturated heterocycles. The lowest BCUT2D eigenvalue weighted by molar-refractivity contribution is -0.135. The van der Waals surface area contributed by atoms with Crippen molar-refractivity contribution in [3.05, 3.63) is 88.3 Å². The molecule has 2 fully saturated rings. The predicted molar refractivity (Wildman–Crippen MR) is 184 cm³/mol. The van der Waals surface area contributed by atoms with Gasteiger partial charge >= 0.3 is 5.97 Å². The predicted octanol–water partition coefficient (Wildman–Crippen LogP) is 4.08. The van der Waals surface area contributed by atoms with Gasteiger partial charge in [-0.3, -0.25) is 24.2 Å². The average Bonchev–Trinajstić information content (AvgIpc) is 3.35. The number of hydrogen-bond donors (Lipinski definition) is 3. The number of nitrogens with one attached hydrogen (secondary N) is 1. The maximum absolute atomic E-state index is 14.1. The quantitative estimate of drug-likeness (QED) is 0.186. The third-order valence-electron chi connectivity index (χ3n) is 7.89. The molecular weight excluding hydrogens is 679 g/mol. The van der Waals surface area contributed by atoms with Crippen molar-refractivity contribution < 1.29 is 42.9 Å². The minimum Gasteiger partial charge on any atom is -0.483 e. The summed E-state index contributed by atoms with van der Waals surface area (Å²) in [7, 11) is 0. The Bertz CT molecular complexity index is 1800. The lowest BCUT2D eigenvalue weighted by Crippen LogP contribution is -2.50. The first-order chi connectivity index (χ1) is 23.5. The number of thiocarbonyl (C=S) groups is 1. The molecule has 256 valence electrons. The summed E-state index contributed by atoms with van der Waals surface area (Å²) >= 11 is 6.46. The Hall–Kier alpha value is -4.70. The van der Waals surface area contributed by atoms with Crippen LogP contribution in [0.5, 0.6) is 5.75 Å². The fourth-order valence-corrected chi connectivity index (χ4v) is 6.51. The van der Waals surface area contributed by atoms with Gasteiger partial charge in [0.15, 0.2) is 18.2 Å². The molecule has 3 amide bonds. The monoisotopic (exact) mass is 710 g/mol. The van der Waals surface area contributed by atoms with Crippen molar-refractivity contribution in [3.63, 3.8) is 0 Å². The average molecular weight is 711 g/mol. The third-order valence-corrected chi connectivity index (χ3v) is 9.27. The molecule has 3 aromatic carbocycles. The second-order valence-corrected chi connectivity index (χ2v) is 12.8. The first-order valence-electron chi connectivity index (χ1n) is 15.2. The van der Waals surface area contributed by atoms with Gasteiger partial charge in [-0.15, -0.1) is 0 Å². The largest absolute Gasteiger partial charge is 0.483 e. The van der Waals surface area contributed by atoms with E-state index in [4.69, 9.17) is 27.2 Å². The molecule has 0 saturated carbocycles. The highest BCUT2D eigenvalue weighted by Crippen LogP contribution is 2.36. The van der Waals surface area contributed by atoms with E-state index < -0.39 is 29.4 Å².